The second kappa shape index (κ2) is 4.40. The Hall–Kier alpha value is -0.920. The van der Waals surface area contributed by atoms with E-state index >= 15 is 0 Å². The second-order valence-electron chi connectivity index (χ2n) is 4.15. The van der Waals surface area contributed by atoms with E-state index in [2.05, 4.69) is 0 Å². The van der Waals surface area contributed by atoms with Gasteiger partial charge >= 0.3 is 5.97 Å². The van der Waals surface area contributed by atoms with Crippen LogP contribution in [0.25, 0.3) is 0 Å². The van der Waals surface area contributed by atoms with Gasteiger partial charge in [0.15, 0.2) is 0 Å². The van der Waals surface area contributed by atoms with Crippen LogP contribution in [0.2, 0.25) is 0 Å². The van der Waals surface area contributed by atoms with Gasteiger partial charge in [0.05, 0.1) is 0 Å². The molecule has 1 saturated carbocycles. The zero-order valence-corrected chi connectivity index (χ0v) is 10.9. The molecule has 0 spiro atoms. The highest BCUT2D eigenvalue weighted by Crippen LogP contribution is 2.32. The third kappa shape index (κ3) is 2.51. The van der Waals surface area contributed by atoms with Crippen molar-refractivity contribution in [3.8, 4) is 0 Å². The highest BCUT2D eigenvalue weighted by atomic mass is 32.2. The first-order valence-corrected chi connectivity index (χ1v) is 7.52. The number of sulfonamides is 1. The quantitative estimate of drug-likeness (QED) is 0.883. The number of carboxylic acid groups (broad SMARTS) is 1. The number of aromatic carboxylic acids is 1. The van der Waals surface area contributed by atoms with E-state index < -0.39 is 16.0 Å². The van der Waals surface area contributed by atoms with Crippen LogP contribution in [0.4, 0.5) is 0 Å². The molecule has 7 heteroatoms. The summed E-state index contributed by atoms with van der Waals surface area (Å²) in [4.78, 5) is 10.7. The molecule has 1 aliphatic rings. The van der Waals surface area contributed by atoms with Crippen molar-refractivity contribution in [2.75, 3.05) is 13.6 Å². The van der Waals surface area contributed by atoms with E-state index in [9.17, 15) is 13.2 Å². The van der Waals surface area contributed by atoms with Gasteiger partial charge in [-0.15, -0.1) is 11.3 Å². The average Bonchev–Trinajstić information content (AvgIpc) is 2.91. The Bertz CT molecular complexity index is 530. The van der Waals surface area contributed by atoms with Crippen LogP contribution >= 0.6 is 11.3 Å². The number of thiophene rings is 1. The fourth-order valence-corrected chi connectivity index (χ4v) is 4.06. The molecule has 94 valence electrons. The van der Waals surface area contributed by atoms with Crippen molar-refractivity contribution in [2.45, 2.75) is 17.7 Å². The molecular formula is C10H13NO4S2. The molecule has 0 aliphatic heterocycles. The molecule has 1 aromatic rings. The monoisotopic (exact) mass is 275 g/mol. The van der Waals surface area contributed by atoms with Gasteiger partial charge in [0.25, 0.3) is 0 Å². The summed E-state index contributed by atoms with van der Waals surface area (Å²) >= 11 is 0.931. The molecule has 1 fully saturated rings. The predicted octanol–water partition coefficient (Wildman–Crippen LogP) is 1.48. The maximum absolute atomic E-state index is 12.2. The Morgan fingerprint density at radius 3 is 2.76 bits per heavy atom. The van der Waals surface area contributed by atoms with Gasteiger partial charge in [-0.2, -0.15) is 0 Å². The minimum absolute atomic E-state index is 0.0989. The molecule has 0 aromatic carbocycles. The van der Waals surface area contributed by atoms with Crippen LogP contribution in [0.5, 0.6) is 0 Å². The Morgan fingerprint density at radius 2 is 2.24 bits per heavy atom. The molecule has 2 rings (SSSR count). The van der Waals surface area contributed by atoms with Gasteiger partial charge in [0.2, 0.25) is 10.0 Å². The summed E-state index contributed by atoms with van der Waals surface area (Å²) < 4.78 is 25.6. The predicted molar refractivity (Wildman–Crippen MR) is 63.8 cm³/mol. The molecule has 0 unspecified atom stereocenters. The first kappa shape index (κ1) is 12.5. The molecule has 0 bridgehead atoms. The lowest BCUT2D eigenvalue weighted by Crippen LogP contribution is -2.29. The summed E-state index contributed by atoms with van der Waals surface area (Å²) in [6.07, 6.45) is 2.10. The molecular weight excluding hydrogens is 262 g/mol. The van der Waals surface area contributed by atoms with Crippen LogP contribution < -0.4 is 0 Å². The zero-order chi connectivity index (χ0) is 12.6. The number of carboxylic acids is 1. The van der Waals surface area contributed by atoms with Gasteiger partial charge in [-0.3, -0.25) is 0 Å². The van der Waals surface area contributed by atoms with Crippen LogP contribution in [0.15, 0.2) is 16.3 Å². The molecule has 0 saturated heterocycles. The summed E-state index contributed by atoms with van der Waals surface area (Å²) in [6, 6.07) is 1.35. The number of carbonyl (C=O) groups is 1. The van der Waals surface area contributed by atoms with Crippen molar-refractivity contribution in [1.29, 1.82) is 0 Å². The van der Waals surface area contributed by atoms with E-state index in [0.29, 0.717) is 12.5 Å². The summed E-state index contributed by atoms with van der Waals surface area (Å²) in [6.45, 7) is 0.469. The van der Waals surface area contributed by atoms with Crippen LogP contribution in [-0.4, -0.2) is 37.4 Å². The molecule has 0 radical (unpaired) electrons. The third-order valence-electron chi connectivity index (χ3n) is 2.72. The normalized spacial score (nSPS) is 16.4. The SMILES string of the molecule is CN(CC1CC1)S(=O)(=O)c1ccsc1C(=O)O. The maximum atomic E-state index is 12.2. The zero-order valence-electron chi connectivity index (χ0n) is 9.29. The highest BCUT2D eigenvalue weighted by molar-refractivity contribution is 7.89. The minimum Gasteiger partial charge on any atom is -0.477 e. The summed E-state index contributed by atoms with van der Waals surface area (Å²) in [7, 11) is -2.17. The van der Waals surface area contributed by atoms with Gasteiger partial charge in [-0.25, -0.2) is 17.5 Å². The van der Waals surface area contributed by atoms with Crippen LogP contribution in [0, 0.1) is 5.92 Å². The Kier molecular flexibility index (Phi) is 3.24. The molecule has 1 N–H and O–H groups in total. The first-order valence-electron chi connectivity index (χ1n) is 5.20. The molecule has 1 aromatic heterocycles. The lowest BCUT2D eigenvalue weighted by Gasteiger charge is -2.16. The van der Waals surface area contributed by atoms with Gasteiger partial charge in [0, 0.05) is 13.6 Å². The smallest absolute Gasteiger partial charge is 0.347 e. The molecule has 1 heterocycles. The molecule has 0 amide bonds. The van der Waals surface area contributed by atoms with Crippen LogP contribution in [-0.2, 0) is 10.0 Å². The number of nitrogens with zero attached hydrogens (tertiary/aromatic N) is 1. The van der Waals surface area contributed by atoms with Crippen molar-refractivity contribution in [3.63, 3.8) is 0 Å². The first-order chi connectivity index (χ1) is 7.93. The highest BCUT2D eigenvalue weighted by Gasteiger charge is 2.32. The van der Waals surface area contributed by atoms with E-state index in [-0.39, 0.29) is 9.77 Å². The third-order valence-corrected chi connectivity index (χ3v) is 5.62. The molecule has 17 heavy (non-hydrogen) atoms. The lowest BCUT2D eigenvalue weighted by molar-refractivity contribution is 0.0698. The topological polar surface area (TPSA) is 74.7 Å². The fourth-order valence-electron chi connectivity index (χ4n) is 1.59. The van der Waals surface area contributed by atoms with Gasteiger partial charge in [-0.1, -0.05) is 0 Å². The van der Waals surface area contributed by atoms with Crippen molar-refractivity contribution in [1.82, 2.24) is 4.31 Å². The number of hydrogen-bond acceptors (Lipinski definition) is 4. The Morgan fingerprint density at radius 1 is 1.59 bits per heavy atom. The fraction of sp³-hybridized carbons (Fsp3) is 0.500. The van der Waals surface area contributed by atoms with Gasteiger partial charge < -0.3 is 5.11 Å². The summed E-state index contributed by atoms with van der Waals surface area (Å²) in [5.74, 6) is -0.764. The van der Waals surface area contributed by atoms with E-state index in [1.807, 2.05) is 0 Å². The Labute approximate surface area is 104 Å². The van der Waals surface area contributed by atoms with Gasteiger partial charge in [-0.05, 0) is 30.2 Å². The van der Waals surface area contributed by atoms with Crippen LogP contribution in [0.1, 0.15) is 22.5 Å². The van der Waals surface area contributed by atoms with Crippen molar-refractivity contribution < 1.29 is 18.3 Å². The summed E-state index contributed by atoms with van der Waals surface area (Å²) in [5.41, 5.74) is 0. The standard InChI is InChI=1S/C10H13NO4S2/c1-11(6-7-2-3-7)17(14,15)8-4-5-16-9(8)10(12)13/h4-5,7H,2-3,6H2,1H3,(H,12,13). The van der Waals surface area contributed by atoms with Crippen LogP contribution in [0.3, 0.4) is 0 Å². The van der Waals surface area contributed by atoms with E-state index in [0.717, 1.165) is 24.2 Å². The lowest BCUT2D eigenvalue weighted by atomic mass is 10.4. The molecule has 5 nitrogen and oxygen atoms in total. The largest absolute Gasteiger partial charge is 0.477 e. The average molecular weight is 275 g/mol. The Balaban J connectivity index is 2.29. The number of rotatable bonds is 5. The van der Waals surface area contributed by atoms with Crippen molar-refractivity contribution >= 4 is 27.3 Å². The number of hydrogen-bond donors (Lipinski definition) is 1. The molecule has 0 atom stereocenters. The molecule has 1 aliphatic carbocycles. The van der Waals surface area contributed by atoms with Gasteiger partial charge in [0.1, 0.15) is 9.77 Å². The van der Waals surface area contributed by atoms with E-state index in [4.69, 9.17) is 5.11 Å². The van der Waals surface area contributed by atoms with E-state index in [1.165, 1.54) is 22.8 Å². The second-order valence-corrected chi connectivity index (χ2v) is 7.08. The van der Waals surface area contributed by atoms with E-state index in [1.54, 1.807) is 0 Å². The summed E-state index contributed by atoms with van der Waals surface area (Å²) in [5, 5.41) is 10.4. The van der Waals surface area contributed by atoms with Crippen molar-refractivity contribution in [2.24, 2.45) is 5.92 Å². The minimum atomic E-state index is -3.66. The maximum Gasteiger partial charge on any atom is 0.347 e. The van der Waals surface area contributed by atoms with Crippen molar-refractivity contribution in [3.05, 3.63) is 16.3 Å².